The second-order valence-corrected chi connectivity index (χ2v) is 10.2. The maximum Gasteiger partial charge on any atom is 0.270 e. The lowest BCUT2D eigenvalue weighted by Gasteiger charge is -2.17. The molecule has 1 N–H and O–H groups in total. The minimum absolute atomic E-state index is 0.188. The first-order valence-electron chi connectivity index (χ1n) is 11.1. The molecule has 4 rings (SSSR count). The Bertz CT molecular complexity index is 1260. The van der Waals surface area contributed by atoms with Gasteiger partial charge < -0.3 is 10.1 Å². The highest BCUT2D eigenvalue weighted by Gasteiger charge is 2.36. The molecule has 3 aromatic rings. The summed E-state index contributed by atoms with van der Waals surface area (Å²) in [5.74, 6) is 0.113. The van der Waals surface area contributed by atoms with Crippen LogP contribution in [0.3, 0.4) is 0 Å². The summed E-state index contributed by atoms with van der Waals surface area (Å²) in [4.78, 5) is 34.1. The van der Waals surface area contributed by atoms with Crippen LogP contribution in [-0.4, -0.2) is 51.1 Å². The van der Waals surface area contributed by atoms with Crippen molar-refractivity contribution in [3.63, 3.8) is 0 Å². The van der Waals surface area contributed by atoms with Gasteiger partial charge in [0.1, 0.15) is 17.3 Å². The quantitative estimate of drug-likeness (QED) is 0.462. The first kappa shape index (κ1) is 23.7. The van der Waals surface area contributed by atoms with Crippen molar-refractivity contribution in [3.05, 3.63) is 60.2 Å². The van der Waals surface area contributed by atoms with Crippen LogP contribution in [0.2, 0.25) is 0 Å². The molecule has 1 aliphatic rings. The van der Waals surface area contributed by atoms with Gasteiger partial charge in [-0.1, -0.05) is 6.92 Å². The van der Waals surface area contributed by atoms with Crippen molar-refractivity contribution in [3.8, 4) is 17.1 Å². The van der Waals surface area contributed by atoms with Gasteiger partial charge in [-0.2, -0.15) is 0 Å². The molecule has 1 saturated carbocycles. The van der Waals surface area contributed by atoms with Crippen LogP contribution in [0.4, 0.5) is 0 Å². The fourth-order valence-corrected chi connectivity index (χ4v) is 4.99. The molecule has 0 aromatic carbocycles. The largest absolute Gasteiger partial charge is 0.477 e. The average Bonchev–Trinajstić information content (AvgIpc) is 3.69. The standard InChI is InChI=1S/C23H26N6O4S/c1-3-17(18-9-10-25-21(27-18)14-34(31,32)16-6-7-16)29-23(30)19-8-5-15(11-26-19)20-12-24-13-22(28-20)33-4-2/h5,8-13,16-17H,3-4,6-7,14H2,1-2H3,(H,29,30). The summed E-state index contributed by atoms with van der Waals surface area (Å²) in [6.45, 7) is 4.26. The SMILES string of the molecule is CCOc1cncc(-c2ccc(C(=O)NC(CC)c3ccnc(CS(=O)(=O)C4CC4)n3)nc2)n1. The van der Waals surface area contributed by atoms with Crippen LogP contribution >= 0.6 is 0 Å². The van der Waals surface area contributed by atoms with Gasteiger partial charge in [0.25, 0.3) is 5.91 Å². The van der Waals surface area contributed by atoms with Crippen molar-refractivity contribution in [2.45, 2.75) is 50.2 Å². The van der Waals surface area contributed by atoms with Crippen LogP contribution in [0.15, 0.2) is 43.0 Å². The van der Waals surface area contributed by atoms with Crippen LogP contribution in [0, 0.1) is 0 Å². The Morgan fingerprint density at radius 3 is 2.62 bits per heavy atom. The minimum atomic E-state index is -3.23. The second kappa shape index (κ2) is 10.2. The van der Waals surface area contributed by atoms with Gasteiger partial charge in [-0.05, 0) is 44.4 Å². The molecular formula is C23H26N6O4S. The highest BCUT2D eigenvalue weighted by atomic mass is 32.2. The minimum Gasteiger partial charge on any atom is -0.477 e. The number of nitrogens with one attached hydrogen (secondary N) is 1. The molecule has 11 heteroatoms. The van der Waals surface area contributed by atoms with Gasteiger partial charge in [-0.3, -0.25) is 14.8 Å². The number of sulfone groups is 1. The molecule has 0 spiro atoms. The summed E-state index contributed by atoms with van der Waals surface area (Å²) >= 11 is 0. The van der Waals surface area contributed by atoms with E-state index in [1.54, 1.807) is 30.6 Å². The van der Waals surface area contributed by atoms with E-state index in [1.807, 2.05) is 13.8 Å². The number of carbonyl (C=O) groups excluding carboxylic acids is 1. The summed E-state index contributed by atoms with van der Waals surface area (Å²) in [5, 5.41) is 2.65. The van der Waals surface area contributed by atoms with E-state index in [0.717, 1.165) is 0 Å². The first-order chi connectivity index (χ1) is 16.4. The molecule has 34 heavy (non-hydrogen) atoms. The van der Waals surface area contributed by atoms with Crippen LogP contribution in [0.5, 0.6) is 5.88 Å². The lowest BCUT2D eigenvalue weighted by molar-refractivity contribution is 0.0929. The Kier molecular flexibility index (Phi) is 7.11. The number of rotatable bonds is 10. The average molecular weight is 483 g/mol. The van der Waals surface area contributed by atoms with E-state index < -0.39 is 15.9 Å². The monoisotopic (exact) mass is 482 g/mol. The van der Waals surface area contributed by atoms with E-state index in [9.17, 15) is 13.2 Å². The summed E-state index contributed by atoms with van der Waals surface area (Å²) in [6, 6.07) is 4.63. The lowest BCUT2D eigenvalue weighted by atomic mass is 10.1. The predicted octanol–water partition coefficient (Wildman–Crippen LogP) is 2.69. The zero-order chi connectivity index (χ0) is 24.1. The number of pyridine rings is 1. The summed E-state index contributed by atoms with van der Waals surface area (Å²) in [5.41, 5.74) is 2.09. The van der Waals surface area contributed by atoms with Gasteiger partial charge in [-0.15, -0.1) is 0 Å². The Hall–Kier alpha value is -3.47. The van der Waals surface area contributed by atoms with Crippen LogP contribution in [-0.2, 0) is 15.6 Å². The molecule has 0 saturated heterocycles. The summed E-state index contributed by atoms with van der Waals surface area (Å²) in [6.07, 6.45) is 8.18. The van der Waals surface area contributed by atoms with Crippen molar-refractivity contribution in [1.29, 1.82) is 0 Å². The third kappa shape index (κ3) is 5.71. The lowest BCUT2D eigenvalue weighted by Crippen LogP contribution is -2.29. The molecule has 1 fully saturated rings. The van der Waals surface area contributed by atoms with Crippen LogP contribution in [0.25, 0.3) is 11.3 Å². The summed E-state index contributed by atoms with van der Waals surface area (Å²) < 4.78 is 29.9. The number of hydrogen-bond acceptors (Lipinski definition) is 9. The predicted molar refractivity (Wildman–Crippen MR) is 125 cm³/mol. The second-order valence-electron chi connectivity index (χ2n) is 7.95. The molecule has 3 heterocycles. The summed E-state index contributed by atoms with van der Waals surface area (Å²) in [7, 11) is -3.23. The van der Waals surface area contributed by atoms with Gasteiger partial charge in [-0.25, -0.2) is 23.4 Å². The zero-order valence-corrected chi connectivity index (χ0v) is 19.8. The number of nitrogens with zero attached hydrogens (tertiary/aromatic N) is 5. The normalized spacial score (nSPS) is 14.4. The van der Waals surface area contributed by atoms with E-state index in [2.05, 4.69) is 30.2 Å². The zero-order valence-electron chi connectivity index (χ0n) is 19.0. The Balaban J connectivity index is 1.45. The topological polar surface area (TPSA) is 137 Å². The first-order valence-corrected chi connectivity index (χ1v) is 12.9. The third-order valence-electron chi connectivity index (χ3n) is 5.36. The number of amides is 1. The molecule has 1 unspecified atom stereocenters. The highest BCUT2D eigenvalue weighted by Crippen LogP contribution is 2.30. The Morgan fingerprint density at radius 2 is 1.94 bits per heavy atom. The smallest absolute Gasteiger partial charge is 0.270 e. The molecule has 1 amide bonds. The van der Waals surface area contributed by atoms with E-state index in [-0.39, 0.29) is 28.4 Å². The van der Waals surface area contributed by atoms with Gasteiger partial charge in [0.05, 0.1) is 41.7 Å². The maximum atomic E-state index is 12.8. The molecule has 3 aromatic heterocycles. The molecule has 0 aliphatic heterocycles. The maximum absolute atomic E-state index is 12.8. The Labute approximate surface area is 198 Å². The van der Waals surface area contributed by atoms with Crippen molar-refractivity contribution < 1.29 is 17.9 Å². The fourth-order valence-electron chi connectivity index (χ4n) is 3.41. The van der Waals surface area contributed by atoms with Gasteiger partial charge in [0.15, 0.2) is 9.84 Å². The highest BCUT2D eigenvalue weighted by molar-refractivity contribution is 7.91. The molecule has 1 aliphatic carbocycles. The van der Waals surface area contributed by atoms with E-state index in [1.165, 1.54) is 12.4 Å². The van der Waals surface area contributed by atoms with Crippen molar-refractivity contribution in [2.24, 2.45) is 0 Å². The number of carbonyl (C=O) groups is 1. The molecular weight excluding hydrogens is 456 g/mol. The van der Waals surface area contributed by atoms with Gasteiger partial charge in [0, 0.05) is 18.0 Å². The van der Waals surface area contributed by atoms with Crippen molar-refractivity contribution >= 4 is 15.7 Å². The molecule has 0 bridgehead atoms. The third-order valence-corrected chi connectivity index (χ3v) is 7.50. The van der Waals surface area contributed by atoms with Crippen molar-refractivity contribution in [2.75, 3.05) is 6.61 Å². The number of aromatic nitrogens is 5. The van der Waals surface area contributed by atoms with E-state index >= 15 is 0 Å². The molecule has 178 valence electrons. The van der Waals surface area contributed by atoms with E-state index in [0.29, 0.717) is 48.7 Å². The van der Waals surface area contributed by atoms with Gasteiger partial charge in [0.2, 0.25) is 5.88 Å². The number of ether oxygens (including phenoxy) is 1. The number of hydrogen-bond donors (Lipinski definition) is 1. The van der Waals surface area contributed by atoms with Gasteiger partial charge >= 0.3 is 0 Å². The fraction of sp³-hybridized carbons (Fsp3) is 0.391. The molecule has 10 nitrogen and oxygen atoms in total. The van der Waals surface area contributed by atoms with Crippen LogP contribution in [0.1, 0.15) is 61.2 Å². The van der Waals surface area contributed by atoms with Crippen molar-refractivity contribution in [1.82, 2.24) is 30.2 Å². The van der Waals surface area contributed by atoms with Crippen LogP contribution < -0.4 is 10.1 Å². The Morgan fingerprint density at radius 1 is 1.12 bits per heavy atom. The van der Waals surface area contributed by atoms with E-state index in [4.69, 9.17) is 4.74 Å². The molecule has 1 atom stereocenters. The molecule has 0 radical (unpaired) electrons.